The second-order valence-electron chi connectivity index (χ2n) is 6.88. The molecule has 1 aromatic carbocycles. The van der Waals surface area contributed by atoms with Gasteiger partial charge in [-0.3, -0.25) is 4.90 Å². The van der Waals surface area contributed by atoms with E-state index in [1.54, 1.807) is 12.1 Å². The van der Waals surface area contributed by atoms with Gasteiger partial charge < -0.3 is 10.0 Å². The van der Waals surface area contributed by atoms with Crippen molar-refractivity contribution in [3.63, 3.8) is 0 Å². The first-order chi connectivity index (χ1) is 11.2. The van der Waals surface area contributed by atoms with Gasteiger partial charge in [-0.1, -0.05) is 44.2 Å². The van der Waals surface area contributed by atoms with Crippen LogP contribution in [0.15, 0.2) is 24.3 Å². The lowest BCUT2D eigenvalue weighted by Gasteiger charge is -2.35. The first-order valence-electron chi connectivity index (χ1n) is 9.03. The Hall–Kier alpha value is -1.55. The first-order valence-corrected chi connectivity index (χ1v) is 9.03. The number of rotatable bonds is 3. The molecule has 23 heavy (non-hydrogen) atoms. The summed E-state index contributed by atoms with van der Waals surface area (Å²) in [6.45, 7) is 4.19. The third-order valence-corrected chi connectivity index (χ3v) is 5.52. The number of para-hydroxylation sites is 1. The third kappa shape index (κ3) is 3.52. The van der Waals surface area contributed by atoms with Crippen LogP contribution >= 0.6 is 0 Å². The summed E-state index contributed by atoms with van der Waals surface area (Å²) in [5, 5.41) is 9.46. The summed E-state index contributed by atoms with van der Waals surface area (Å²) in [6.07, 6.45) is 9.64. The minimum absolute atomic E-state index is 0.278. The summed E-state index contributed by atoms with van der Waals surface area (Å²) < 4.78 is 0. The van der Waals surface area contributed by atoms with Gasteiger partial charge in [-0.05, 0) is 31.9 Å². The lowest BCUT2D eigenvalue weighted by Crippen LogP contribution is -2.43. The molecule has 0 radical (unpaired) electrons. The standard InChI is InChI=1S/C19H28N2O2/c1-15-20(16-9-5-3-2-4-6-10-16)13-14-21(15)18-12-8-7-11-17(18)19(22)23/h7-8,11-12,15-16H,2-6,9-10,13-14H2,1H3,(H,22,23). The van der Waals surface area contributed by atoms with Crippen LogP contribution in [0.2, 0.25) is 0 Å². The summed E-state index contributed by atoms with van der Waals surface area (Å²) in [5.41, 5.74) is 1.28. The van der Waals surface area contributed by atoms with Crippen molar-refractivity contribution in [1.82, 2.24) is 4.90 Å². The maximum Gasteiger partial charge on any atom is 0.337 e. The van der Waals surface area contributed by atoms with Crippen LogP contribution in [0.5, 0.6) is 0 Å². The van der Waals surface area contributed by atoms with Crippen molar-refractivity contribution < 1.29 is 9.90 Å². The van der Waals surface area contributed by atoms with Gasteiger partial charge in [0, 0.05) is 19.1 Å². The first kappa shape index (κ1) is 16.3. The Morgan fingerprint density at radius 2 is 1.70 bits per heavy atom. The summed E-state index contributed by atoms with van der Waals surface area (Å²) >= 11 is 0. The predicted octanol–water partition coefficient (Wildman–Crippen LogP) is 3.97. The van der Waals surface area contributed by atoms with E-state index in [0.29, 0.717) is 11.6 Å². The predicted molar refractivity (Wildman–Crippen MR) is 93.0 cm³/mol. The molecule has 1 aliphatic heterocycles. The van der Waals surface area contributed by atoms with Crippen LogP contribution in [-0.2, 0) is 0 Å². The van der Waals surface area contributed by atoms with Gasteiger partial charge in [0.05, 0.1) is 17.4 Å². The number of carboxylic acids is 1. The van der Waals surface area contributed by atoms with Crippen molar-refractivity contribution in [2.75, 3.05) is 18.0 Å². The van der Waals surface area contributed by atoms with Crippen molar-refractivity contribution in [3.8, 4) is 0 Å². The molecule has 1 saturated carbocycles. The third-order valence-electron chi connectivity index (χ3n) is 5.52. The average molecular weight is 316 g/mol. The minimum atomic E-state index is -0.836. The molecule has 1 aliphatic carbocycles. The summed E-state index contributed by atoms with van der Waals surface area (Å²) in [5.74, 6) is -0.836. The van der Waals surface area contributed by atoms with E-state index < -0.39 is 5.97 Å². The Balaban J connectivity index is 1.76. The van der Waals surface area contributed by atoms with E-state index in [-0.39, 0.29) is 6.17 Å². The highest BCUT2D eigenvalue weighted by atomic mass is 16.4. The SMILES string of the molecule is CC1N(c2ccccc2C(=O)O)CCN1C1CCCCCCC1. The number of carbonyl (C=O) groups is 1. The smallest absolute Gasteiger partial charge is 0.337 e. The molecule has 1 aromatic rings. The minimum Gasteiger partial charge on any atom is -0.478 e. The van der Waals surface area contributed by atoms with Gasteiger partial charge in [-0.2, -0.15) is 0 Å². The van der Waals surface area contributed by atoms with E-state index in [1.807, 2.05) is 12.1 Å². The van der Waals surface area contributed by atoms with Crippen molar-refractivity contribution in [3.05, 3.63) is 29.8 Å². The number of benzene rings is 1. The van der Waals surface area contributed by atoms with Crippen molar-refractivity contribution in [2.45, 2.75) is 64.1 Å². The number of hydrogen-bond donors (Lipinski definition) is 1. The quantitative estimate of drug-likeness (QED) is 0.916. The Morgan fingerprint density at radius 3 is 2.39 bits per heavy atom. The van der Waals surface area contributed by atoms with E-state index in [1.165, 1.54) is 44.9 Å². The highest BCUT2D eigenvalue weighted by molar-refractivity contribution is 5.94. The van der Waals surface area contributed by atoms with E-state index in [4.69, 9.17) is 0 Å². The second kappa shape index (κ2) is 7.35. The zero-order chi connectivity index (χ0) is 16.2. The molecule has 4 heteroatoms. The fraction of sp³-hybridized carbons (Fsp3) is 0.632. The van der Waals surface area contributed by atoms with E-state index in [9.17, 15) is 9.90 Å². The van der Waals surface area contributed by atoms with Gasteiger partial charge in [0.2, 0.25) is 0 Å². The van der Waals surface area contributed by atoms with E-state index in [2.05, 4.69) is 16.7 Å². The lowest BCUT2D eigenvalue weighted by atomic mass is 9.95. The van der Waals surface area contributed by atoms with Crippen LogP contribution in [0.3, 0.4) is 0 Å². The van der Waals surface area contributed by atoms with Gasteiger partial charge in [-0.15, -0.1) is 0 Å². The Kier molecular flexibility index (Phi) is 5.21. The van der Waals surface area contributed by atoms with Crippen molar-refractivity contribution >= 4 is 11.7 Å². The largest absolute Gasteiger partial charge is 0.478 e. The number of nitrogens with zero attached hydrogens (tertiary/aromatic N) is 2. The van der Waals surface area contributed by atoms with Gasteiger partial charge in [0.25, 0.3) is 0 Å². The molecule has 126 valence electrons. The molecule has 1 unspecified atom stereocenters. The maximum absolute atomic E-state index is 11.5. The molecule has 1 heterocycles. The van der Waals surface area contributed by atoms with Crippen LogP contribution < -0.4 is 4.90 Å². The fourth-order valence-electron chi connectivity index (χ4n) is 4.26. The van der Waals surface area contributed by atoms with Crippen LogP contribution in [-0.4, -0.2) is 41.3 Å². The maximum atomic E-state index is 11.5. The molecule has 1 N–H and O–H groups in total. The van der Waals surface area contributed by atoms with Crippen molar-refractivity contribution in [2.24, 2.45) is 0 Å². The molecule has 1 saturated heterocycles. The second-order valence-corrected chi connectivity index (χ2v) is 6.88. The molecule has 0 aromatic heterocycles. The number of anilines is 1. The van der Waals surface area contributed by atoms with Crippen molar-refractivity contribution in [1.29, 1.82) is 0 Å². The van der Waals surface area contributed by atoms with Gasteiger partial charge in [0.15, 0.2) is 0 Å². The molecule has 2 aliphatic rings. The highest BCUT2D eigenvalue weighted by Gasteiger charge is 2.34. The average Bonchev–Trinajstić information content (AvgIpc) is 2.88. The molecular weight excluding hydrogens is 288 g/mol. The molecular formula is C19H28N2O2. The van der Waals surface area contributed by atoms with Crippen LogP contribution in [0.1, 0.15) is 62.2 Å². The highest BCUT2D eigenvalue weighted by Crippen LogP contribution is 2.31. The molecule has 0 spiro atoms. The summed E-state index contributed by atoms with van der Waals surface area (Å²) in [7, 11) is 0. The van der Waals surface area contributed by atoms with E-state index in [0.717, 1.165) is 18.8 Å². The van der Waals surface area contributed by atoms with Gasteiger partial charge in [0.1, 0.15) is 0 Å². The summed E-state index contributed by atoms with van der Waals surface area (Å²) in [6, 6.07) is 8.06. The Labute approximate surface area is 139 Å². The molecule has 0 bridgehead atoms. The Bertz CT molecular complexity index is 538. The zero-order valence-corrected chi connectivity index (χ0v) is 14.1. The van der Waals surface area contributed by atoms with E-state index >= 15 is 0 Å². The van der Waals surface area contributed by atoms with Crippen LogP contribution in [0.4, 0.5) is 5.69 Å². The lowest BCUT2D eigenvalue weighted by molar-refractivity contribution is 0.0697. The monoisotopic (exact) mass is 316 g/mol. The Morgan fingerprint density at radius 1 is 1.04 bits per heavy atom. The number of aromatic carboxylic acids is 1. The molecule has 0 amide bonds. The molecule has 2 fully saturated rings. The normalized spacial score (nSPS) is 24.4. The van der Waals surface area contributed by atoms with Crippen LogP contribution in [0.25, 0.3) is 0 Å². The molecule has 1 atom stereocenters. The fourth-order valence-corrected chi connectivity index (χ4v) is 4.26. The van der Waals surface area contributed by atoms with Gasteiger partial charge >= 0.3 is 5.97 Å². The zero-order valence-electron chi connectivity index (χ0n) is 14.1. The number of hydrogen-bond acceptors (Lipinski definition) is 3. The number of carboxylic acid groups (broad SMARTS) is 1. The van der Waals surface area contributed by atoms with Gasteiger partial charge in [-0.25, -0.2) is 4.79 Å². The van der Waals surface area contributed by atoms with Crippen LogP contribution in [0, 0.1) is 0 Å². The molecule has 4 nitrogen and oxygen atoms in total. The summed E-state index contributed by atoms with van der Waals surface area (Å²) in [4.78, 5) is 16.4. The molecule has 3 rings (SSSR count). The topological polar surface area (TPSA) is 43.8 Å².